The molecule has 0 aliphatic heterocycles. The maximum Gasteiger partial charge on any atom is 0.233 e. The smallest absolute Gasteiger partial charge is 0.233 e. The Balaban J connectivity index is 2.50. The first-order valence-corrected chi connectivity index (χ1v) is 5.79. The van der Waals surface area contributed by atoms with E-state index in [0.29, 0.717) is 24.5 Å². The minimum absolute atomic E-state index is 0.0199. The molecule has 0 aliphatic rings. The van der Waals surface area contributed by atoms with Crippen LogP contribution in [0.5, 0.6) is 5.75 Å². The molecule has 0 radical (unpaired) electrons. The molecular weight excluding hydrogens is 240 g/mol. The van der Waals surface area contributed by atoms with Crippen LogP contribution in [0.25, 0.3) is 0 Å². The zero-order valence-corrected chi connectivity index (χ0v) is 10.8. The number of hydrogen-bond donors (Lipinski definition) is 2. The fraction of sp³-hybridized carbons (Fsp3) is 0.417. The number of ether oxygens (including phenoxy) is 1. The predicted octanol–water partition coefficient (Wildman–Crippen LogP) is 1.23. The van der Waals surface area contributed by atoms with Gasteiger partial charge in [0.25, 0.3) is 0 Å². The Bertz CT molecular complexity index is 383. The second kappa shape index (κ2) is 7.14. The van der Waals surface area contributed by atoms with Crippen LogP contribution in [-0.4, -0.2) is 33.2 Å². The van der Waals surface area contributed by atoms with Gasteiger partial charge in [-0.2, -0.15) is 0 Å². The number of benzene rings is 1. The summed E-state index contributed by atoms with van der Waals surface area (Å²) in [7, 11) is 3.35. The standard InChI is InChI=1S/C12H17ClN2O2/c1-14-8-12(16)15-6-5-9-7-10(13)3-4-11(9)17-2/h3-4,7,14H,5-6,8H2,1-2H3,(H,15,16). The SMILES string of the molecule is CNCC(=O)NCCc1cc(Cl)ccc1OC. The van der Waals surface area contributed by atoms with Crippen molar-refractivity contribution in [2.75, 3.05) is 27.2 Å². The highest BCUT2D eigenvalue weighted by molar-refractivity contribution is 6.30. The molecule has 0 heterocycles. The molecule has 0 saturated heterocycles. The lowest BCUT2D eigenvalue weighted by Gasteiger charge is -2.09. The van der Waals surface area contributed by atoms with Gasteiger partial charge in [-0.1, -0.05) is 11.6 Å². The minimum Gasteiger partial charge on any atom is -0.496 e. The average molecular weight is 257 g/mol. The van der Waals surface area contributed by atoms with Gasteiger partial charge in [-0.3, -0.25) is 4.79 Å². The number of nitrogens with one attached hydrogen (secondary N) is 2. The van der Waals surface area contributed by atoms with E-state index in [9.17, 15) is 4.79 Å². The summed E-state index contributed by atoms with van der Waals surface area (Å²) in [5.74, 6) is 0.769. The molecule has 1 aromatic carbocycles. The van der Waals surface area contributed by atoms with Gasteiger partial charge < -0.3 is 15.4 Å². The van der Waals surface area contributed by atoms with E-state index in [0.717, 1.165) is 11.3 Å². The lowest BCUT2D eigenvalue weighted by Crippen LogP contribution is -2.33. The normalized spacial score (nSPS) is 10.1. The first-order valence-electron chi connectivity index (χ1n) is 5.41. The van der Waals surface area contributed by atoms with E-state index < -0.39 is 0 Å². The summed E-state index contributed by atoms with van der Waals surface area (Å²) in [6.45, 7) is 0.893. The van der Waals surface area contributed by atoms with Crippen LogP contribution in [-0.2, 0) is 11.2 Å². The van der Waals surface area contributed by atoms with E-state index in [1.807, 2.05) is 12.1 Å². The first kappa shape index (κ1) is 13.8. The summed E-state index contributed by atoms with van der Waals surface area (Å²) in [6, 6.07) is 5.46. The average Bonchev–Trinajstić information content (AvgIpc) is 2.30. The molecule has 0 spiro atoms. The lowest BCUT2D eigenvalue weighted by molar-refractivity contribution is -0.120. The van der Waals surface area contributed by atoms with Crippen molar-refractivity contribution in [1.82, 2.24) is 10.6 Å². The summed E-state index contributed by atoms with van der Waals surface area (Å²) < 4.78 is 5.22. The number of methoxy groups -OCH3 is 1. The van der Waals surface area contributed by atoms with Crippen LogP contribution in [0.2, 0.25) is 5.02 Å². The molecule has 4 nitrogen and oxygen atoms in total. The van der Waals surface area contributed by atoms with Gasteiger partial charge in [0.15, 0.2) is 0 Å². The Hall–Kier alpha value is -1.26. The molecular formula is C12H17ClN2O2. The van der Waals surface area contributed by atoms with Gasteiger partial charge in [0, 0.05) is 11.6 Å². The van der Waals surface area contributed by atoms with E-state index in [4.69, 9.17) is 16.3 Å². The number of likely N-dealkylation sites (N-methyl/N-ethyl adjacent to an activating group) is 1. The number of hydrogen-bond acceptors (Lipinski definition) is 3. The molecule has 1 rings (SSSR count). The van der Waals surface area contributed by atoms with Gasteiger partial charge >= 0.3 is 0 Å². The van der Waals surface area contributed by atoms with Crippen molar-refractivity contribution < 1.29 is 9.53 Å². The van der Waals surface area contributed by atoms with Crippen molar-refractivity contribution >= 4 is 17.5 Å². The Morgan fingerprint density at radius 2 is 2.24 bits per heavy atom. The predicted molar refractivity (Wildman–Crippen MR) is 68.6 cm³/mol. The second-order valence-corrected chi connectivity index (χ2v) is 4.02. The lowest BCUT2D eigenvalue weighted by atomic mass is 10.1. The summed E-state index contributed by atoms with van der Waals surface area (Å²) >= 11 is 5.91. The van der Waals surface area contributed by atoms with Crippen LogP contribution >= 0.6 is 11.6 Å². The van der Waals surface area contributed by atoms with Crippen molar-refractivity contribution in [3.8, 4) is 5.75 Å². The van der Waals surface area contributed by atoms with E-state index >= 15 is 0 Å². The van der Waals surface area contributed by atoms with Crippen molar-refractivity contribution in [2.45, 2.75) is 6.42 Å². The van der Waals surface area contributed by atoms with Crippen LogP contribution in [0.1, 0.15) is 5.56 Å². The zero-order chi connectivity index (χ0) is 12.7. The second-order valence-electron chi connectivity index (χ2n) is 3.59. The number of carbonyl (C=O) groups excluding carboxylic acids is 1. The van der Waals surface area contributed by atoms with Gasteiger partial charge in [-0.15, -0.1) is 0 Å². The number of carbonyl (C=O) groups is 1. The zero-order valence-electron chi connectivity index (χ0n) is 10.0. The number of rotatable bonds is 6. The fourth-order valence-corrected chi connectivity index (χ4v) is 1.70. The summed E-state index contributed by atoms with van der Waals surface area (Å²) in [5, 5.41) is 6.26. The molecule has 0 bridgehead atoms. The summed E-state index contributed by atoms with van der Waals surface area (Å²) in [5.41, 5.74) is 0.991. The van der Waals surface area contributed by atoms with Crippen LogP contribution in [0, 0.1) is 0 Å². The number of amides is 1. The topological polar surface area (TPSA) is 50.4 Å². The van der Waals surface area contributed by atoms with E-state index in [-0.39, 0.29) is 5.91 Å². The Morgan fingerprint density at radius 1 is 1.47 bits per heavy atom. The molecule has 0 fully saturated rings. The van der Waals surface area contributed by atoms with Crippen molar-refractivity contribution in [3.05, 3.63) is 28.8 Å². The maximum atomic E-state index is 11.2. The van der Waals surface area contributed by atoms with Gasteiger partial charge in [-0.25, -0.2) is 0 Å². The van der Waals surface area contributed by atoms with Gasteiger partial charge in [0.05, 0.1) is 13.7 Å². The number of halogens is 1. The summed E-state index contributed by atoms with van der Waals surface area (Å²) in [4.78, 5) is 11.2. The summed E-state index contributed by atoms with van der Waals surface area (Å²) in [6.07, 6.45) is 0.694. The van der Waals surface area contributed by atoms with E-state index in [1.54, 1.807) is 20.2 Å². The third-order valence-electron chi connectivity index (χ3n) is 2.30. The largest absolute Gasteiger partial charge is 0.496 e. The molecule has 94 valence electrons. The van der Waals surface area contributed by atoms with E-state index in [1.165, 1.54) is 0 Å². The highest BCUT2D eigenvalue weighted by Gasteiger charge is 2.04. The quantitative estimate of drug-likeness (QED) is 0.805. The van der Waals surface area contributed by atoms with Crippen LogP contribution in [0.3, 0.4) is 0 Å². The Labute approximate surface area is 106 Å². The molecule has 1 amide bonds. The van der Waals surface area contributed by atoms with Crippen molar-refractivity contribution in [2.24, 2.45) is 0 Å². The minimum atomic E-state index is -0.0199. The Kier molecular flexibility index (Phi) is 5.80. The monoisotopic (exact) mass is 256 g/mol. The molecule has 17 heavy (non-hydrogen) atoms. The van der Waals surface area contributed by atoms with Crippen molar-refractivity contribution in [1.29, 1.82) is 0 Å². The Morgan fingerprint density at radius 3 is 2.88 bits per heavy atom. The third-order valence-corrected chi connectivity index (χ3v) is 2.53. The molecule has 0 aromatic heterocycles. The molecule has 0 unspecified atom stereocenters. The highest BCUT2D eigenvalue weighted by Crippen LogP contribution is 2.22. The first-order chi connectivity index (χ1) is 8.17. The van der Waals surface area contributed by atoms with Gasteiger partial charge in [0.2, 0.25) is 5.91 Å². The van der Waals surface area contributed by atoms with Gasteiger partial charge in [-0.05, 0) is 37.2 Å². The van der Waals surface area contributed by atoms with Crippen LogP contribution < -0.4 is 15.4 Å². The fourth-order valence-electron chi connectivity index (χ4n) is 1.50. The van der Waals surface area contributed by atoms with Crippen molar-refractivity contribution in [3.63, 3.8) is 0 Å². The third kappa shape index (κ3) is 4.63. The molecule has 0 aliphatic carbocycles. The highest BCUT2D eigenvalue weighted by atomic mass is 35.5. The molecule has 1 aromatic rings. The van der Waals surface area contributed by atoms with Crippen LogP contribution in [0.15, 0.2) is 18.2 Å². The molecule has 2 N–H and O–H groups in total. The van der Waals surface area contributed by atoms with E-state index in [2.05, 4.69) is 10.6 Å². The van der Waals surface area contributed by atoms with Gasteiger partial charge in [0.1, 0.15) is 5.75 Å². The molecule has 5 heteroatoms. The maximum absolute atomic E-state index is 11.2. The molecule has 0 saturated carbocycles. The molecule has 0 atom stereocenters. The van der Waals surface area contributed by atoms with Crippen LogP contribution in [0.4, 0.5) is 0 Å².